The number of carbonyl (C=O) groups is 1. The van der Waals surface area contributed by atoms with E-state index in [9.17, 15) is 18.4 Å². The lowest BCUT2D eigenvalue weighted by molar-refractivity contribution is -0.0176. The summed E-state index contributed by atoms with van der Waals surface area (Å²) in [5.74, 6) is -0.847. The Morgan fingerprint density at radius 1 is 1.27 bits per heavy atom. The van der Waals surface area contributed by atoms with Gasteiger partial charge in [0.1, 0.15) is 11.2 Å². The van der Waals surface area contributed by atoms with Crippen molar-refractivity contribution in [3.63, 3.8) is 0 Å². The van der Waals surface area contributed by atoms with E-state index in [1.165, 1.54) is 0 Å². The lowest BCUT2D eigenvalue weighted by Gasteiger charge is -2.49. The van der Waals surface area contributed by atoms with Gasteiger partial charge >= 0.3 is 0 Å². The summed E-state index contributed by atoms with van der Waals surface area (Å²) in [5.41, 5.74) is 1.81. The third kappa shape index (κ3) is 2.60. The minimum atomic E-state index is -2.71. The number of amides is 1. The molecule has 1 atom stereocenters. The second-order valence-corrected chi connectivity index (χ2v) is 7.61. The van der Waals surface area contributed by atoms with E-state index in [-0.39, 0.29) is 24.1 Å². The van der Waals surface area contributed by atoms with Crippen LogP contribution in [-0.4, -0.2) is 53.1 Å². The lowest BCUT2D eigenvalue weighted by atomic mass is 9.80. The van der Waals surface area contributed by atoms with Crippen LogP contribution in [-0.2, 0) is 5.54 Å². The molecule has 0 spiro atoms. The Morgan fingerprint density at radius 3 is 2.42 bits per heavy atom. The molecule has 1 amide bonds. The van der Waals surface area contributed by atoms with Gasteiger partial charge in [-0.25, -0.2) is 13.2 Å². The Balaban J connectivity index is 1.70. The maximum Gasteiger partial charge on any atom is 0.261 e. The van der Waals surface area contributed by atoms with E-state index >= 15 is 4.39 Å². The molecule has 26 heavy (non-hydrogen) atoms. The van der Waals surface area contributed by atoms with E-state index in [0.29, 0.717) is 32.5 Å². The van der Waals surface area contributed by atoms with Crippen LogP contribution in [0.15, 0.2) is 17.1 Å². The number of alkyl halides is 3. The second kappa shape index (κ2) is 5.73. The molecular weight excluding hydrogens is 349 g/mol. The molecule has 3 aliphatic heterocycles. The fraction of sp³-hybridized carbons (Fsp3) is 0.647. The van der Waals surface area contributed by atoms with Crippen LogP contribution in [0, 0.1) is 0 Å². The average molecular weight is 370 g/mol. The molecule has 142 valence electrons. The van der Waals surface area contributed by atoms with Crippen LogP contribution in [0.25, 0.3) is 0 Å². The number of nitrogens with two attached hydrogens (primary N) is 1. The fourth-order valence-corrected chi connectivity index (χ4v) is 4.13. The summed E-state index contributed by atoms with van der Waals surface area (Å²) in [5, 5.41) is 2.95. The molecule has 5 rings (SSSR count). The number of hydrogen-bond donors (Lipinski definition) is 2. The number of aromatic nitrogens is 1. The monoisotopic (exact) mass is 370 g/mol. The minimum Gasteiger partial charge on any atom is -0.377 e. The van der Waals surface area contributed by atoms with Crippen molar-refractivity contribution in [3.8, 4) is 0 Å². The standard InChI is InChI=1S/C17H21F3N4O2/c18-15(19)17(1-2-17)24-8-10(14(21)26)11(7-13(24)25)22-12-9-23-5-3-16(12,20)4-6-23/h7-8,12,15,22H,1-6,9H2,(H2,21,26)/t12-/m0/s1. The molecule has 0 aromatic carbocycles. The maximum atomic E-state index is 15.1. The van der Waals surface area contributed by atoms with Crippen molar-refractivity contribution in [3.05, 3.63) is 28.2 Å². The smallest absolute Gasteiger partial charge is 0.261 e. The summed E-state index contributed by atoms with van der Waals surface area (Å²) >= 11 is 0. The molecule has 0 radical (unpaired) electrons. The molecule has 6 nitrogen and oxygen atoms in total. The van der Waals surface area contributed by atoms with Gasteiger partial charge in [0.15, 0.2) is 0 Å². The molecule has 1 saturated carbocycles. The van der Waals surface area contributed by atoms with Gasteiger partial charge < -0.3 is 20.5 Å². The first-order valence-electron chi connectivity index (χ1n) is 8.78. The first-order chi connectivity index (χ1) is 12.2. The van der Waals surface area contributed by atoms with Crippen molar-refractivity contribution in [2.24, 2.45) is 5.73 Å². The number of halogens is 3. The molecule has 4 heterocycles. The van der Waals surface area contributed by atoms with Gasteiger partial charge in [0, 0.05) is 31.9 Å². The number of rotatable bonds is 5. The van der Waals surface area contributed by atoms with Gasteiger partial charge in [-0.1, -0.05) is 0 Å². The van der Waals surface area contributed by atoms with Crippen LogP contribution in [0.1, 0.15) is 36.0 Å². The molecule has 2 bridgehead atoms. The number of primary amides is 1. The van der Waals surface area contributed by atoms with Crippen molar-refractivity contribution in [1.82, 2.24) is 9.47 Å². The zero-order chi connectivity index (χ0) is 18.7. The predicted octanol–water partition coefficient (Wildman–Crippen LogP) is 1.30. The van der Waals surface area contributed by atoms with Crippen molar-refractivity contribution in [2.75, 3.05) is 25.0 Å². The Hall–Kier alpha value is -2.03. The van der Waals surface area contributed by atoms with Crippen LogP contribution >= 0.6 is 0 Å². The first kappa shape index (κ1) is 17.4. The van der Waals surface area contributed by atoms with Crippen LogP contribution in [0.2, 0.25) is 0 Å². The van der Waals surface area contributed by atoms with E-state index in [0.717, 1.165) is 16.8 Å². The molecular formula is C17H21F3N4O2. The Labute approximate surface area is 148 Å². The Bertz CT molecular complexity index is 798. The molecule has 3 N–H and O–H groups in total. The third-order valence-corrected chi connectivity index (χ3v) is 6.05. The van der Waals surface area contributed by atoms with Gasteiger partial charge in [0.25, 0.3) is 17.9 Å². The predicted molar refractivity (Wildman–Crippen MR) is 89.4 cm³/mol. The zero-order valence-electron chi connectivity index (χ0n) is 14.2. The number of nitrogens with zero attached hydrogens (tertiary/aromatic N) is 2. The maximum absolute atomic E-state index is 15.1. The number of nitrogens with one attached hydrogen (secondary N) is 1. The average Bonchev–Trinajstić information content (AvgIpc) is 3.37. The van der Waals surface area contributed by atoms with Gasteiger partial charge in [0.2, 0.25) is 0 Å². The number of carbonyl (C=O) groups excluding carboxylic acids is 1. The van der Waals surface area contributed by atoms with E-state index in [2.05, 4.69) is 10.2 Å². The SMILES string of the molecule is NC(=O)c1cn(C2(C(F)F)CC2)c(=O)cc1N[C@H]1CN2CCC1(F)CC2. The lowest BCUT2D eigenvalue weighted by Crippen LogP contribution is -2.62. The van der Waals surface area contributed by atoms with Crippen molar-refractivity contribution < 1.29 is 18.0 Å². The number of piperidine rings is 3. The molecule has 9 heteroatoms. The first-order valence-corrected chi connectivity index (χ1v) is 8.78. The quantitative estimate of drug-likeness (QED) is 0.819. The van der Waals surface area contributed by atoms with E-state index in [1.807, 2.05) is 0 Å². The highest BCUT2D eigenvalue weighted by Crippen LogP contribution is 2.48. The molecule has 3 saturated heterocycles. The van der Waals surface area contributed by atoms with Crippen LogP contribution < -0.4 is 16.6 Å². The topological polar surface area (TPSA) is 80.4 Å². The molecule has 4 aliphatic rings. The summed E-state index contributed by atoms with van der Waals surface area (Å²) < 4.78 is 42.7. The van der Waals surface area contributed by atoms with E-state index < -0.39 is 35.1 Å². The molecule has 0 unspecified atom stereocenters. The third-order valence-electron chi connectivity index (χ3n) is 6.05. The van der Waals surface area contributed by atoms with Gasteiger partial charge in [-0.2, -0.15) is 0 Å². The summed E-state index contributed by atoms with van der Waals surface area (Å²) in [6.45, 7) is 1.81. The normalized spacial score (nSPS) is 31.8. The second-order valence-electron chi connectivity index (χ2n) is 7.61. The zero-order valence-corrected chi connectivity index (χ0v) is 14.2. The van der Waals surface area contributed by atoms with Crippen LogP contribution in [0.3, 0.4) is 0 Å². The molecule has 4 fully saturated rings. The molecule has 1 aromatic heterocycles. The summed E-state index contributed by atoms with van der Waals surface area (Å²) in [6.07, 6.45) is -0.528. The highest BCUT2D eigenvalue weighted by Gasteiger charge is 2.54. The number of fused-ring (bicyclic) bond motifs is 3. The van der Waals surface area contributed by atoms with Gasteiger partial charge in [-0.3, -0.25) is 9.59 Å². The molecule has 1 aliphatic carbocycles. The van der Waals surface area contributed by atoms with Gasteiger partial charge in [0.05, 0.1) is 17.3 Å². The van der Waals surface area contributed by atoms with Crippen LogP contribution in [0.5, 0.6) is 0 Å². The van der Waals surface area contributed by atoms with Crippen molar-refractivity contribution >= 4 is 11.6 Å². The number of pyridine rings is 1. The molecule has 1 aromatic rings. The number of anilines is 1. The summed E-state index contributed by atoms with van der Waals surface area (Å²) in [6, 6.07) is 0.507. The summed E-state index contributed by atoms with van der Waals surface area (Å²) in [4.78, 5) is 26.4. The number of hydrogen-bond acceptors (Lipinski definition) is 4. The summed E-state index contributed by atoms with van der Waals surface area (Å²) in [7, 11) is 0. The highest BCUT2D eigenvalue weighted by molar-refractivity contribution is 5.98. The van der Waals surface area contributed by atoms with Gasteiger partial charge in [-0.05, 0) is 25.7 Å². The van der Waals surface area contributed by atoms with E-state index in [1.54, 1.807) is 0 Å². The Morgan fingerprint density at radius 2 is 1.92 bits per heavy atom. The minimum absolute atomic E-state index is 0.0726. The van der Waals surface area contributed by atoms with E-state index in [4.69, 9.17) is 5.73 Å². The largest absolute Gasteiger partial charge is 0.377 e. The van der Waals surface area contributed by atoms with Crippen molar-refractivity contribution in [1.29, 1.82) is 0 Å². The van der Waals surface area contributed by atoms with Crippen LogP contribution in [0.4, 0.5) is 18.9 Å². The van der Waals surface area contributed by atoms with Crippen molar-refractivity contribution in [2.45, 2.75) is 49.4 Å². The Kier molecular flexibility index (Phi) is 3.83. The highest BCUT2D eigenvalue weighted by atomic mass is 19.3. The van der Waals surface area contributed by atoms with Gasteiger partial charge in [-0.15, -0.1) is 0 Å². The fourth-order valence-electron chi connectivity index (χ4n) is 4.13.